The summed E-state index contributed by atoms with van der Waals surface area (Å²) in [5, 5.41) is 0.568. The van der Waals surface area contributed by atoms with E-state index < -0.39 is 9.84 Å². The van der Waals surface area contributed by atoms with Crippen molar-refractivity contribution in [2.75, 3.05) is 17.3 Å². The van der Waals surface area contributed by atoms with Crippen LogP contribution >= 0.6 is 35.1 Å². The van der Waals surface area contributed by atoms with Crippen LogP contribution in [0.2, 0.25) is 5.02 Å². The molecular formula is C16H15ClO3S3. The number of carbonyl (C=O) groups excluding carboxylic acids is 1. The van der Waals surface area contributed by atoms with Gasteiger partial charge in [0.05, 0.1) is 16.4 Å². The SMILES string of the molecule is O=C(CSCCS(=O)(=O)c1ccccc1)Sc1cccc(Cl)c1. The van der Waals surface area contributed by atoms with Gasteiger partial charge in [-0.05, 0) is 30.3 Å². The van der Waals surface area contributed by atoms with Crippen LogP contribution in [-0.4, -0.2) is 30.8 Å². The number of rotatable bonds is 7. The smallest absolute Gasteiger partial charge is 0.203 e. The highest BCUT2D eigenvalue weighted by Crippen LogP contribution is 2.23. The second-order valence-electron chi connectivity index (χ2n) is 4.62. The molecule has 0 unspecified atom stereocenters. The Morgan fingerprint density at radius 2 is 1.78 bits per heavy atom. The van der Waals surface area contributed by atoms with Crippen LogP contribution in [0, 0.1) is 0 Å². The summed E-state index contributed by atoms with van der Waals surface area (Å²) < 4.78 is 24.2. The van der Waals surface area contributed by atoms with Crippen molar-refractivity contribution in [2.24, 2.45) is 0 Å². The number of hydrogen-bond acceptors (Lipinski definition) is 5. The zero-order valence-corrected chi connectivity index (χ0v) is 15.4. The zero-order chi connectivity index (χ0) is 16.7. The molecule has 0 saturated heterocycles. The molecule has 0 aliphatic heterocycles. The van der Waals surface area contributed by atoms with Gasteiger partial charge in [0.15, 0.2) is 9.84 Å². The largest absolute Gasteiger partial charge is 0.286 e. The molecule has 0 radical (unpaired) electrons. The quantitative estimate of drug-likeness (QED) is 0.528. The average molecular weight is 387 g/mol. The van der Waals surface area contributed by atoms with Crippen molar-refractivity contribution >= 4 is 50.1 Å². The number of thioether (sulfide) groups is 2. The Morgan fingerprint density at radius 1 is 1.04 bits per heavy atom. The van der Waals surface area contributed by atoms with E-state index in [1.165, 1.54) is 11.8 Å². The molecule has 122 valence electrons. The highest BCUT2D eigenvalue weighted by molar-refractivity contribution is 8.15. The predicted molar refractivity (Wildman–Crippen MR) is 98.1 cm³/mol. The summed E-state index contributed by atoms with van der Waals surface area (Å²) in [4.78, 5) is 13.0. The Balaban J connectivity index is 1.76. The number of sulfone groups is 1. The van der Waals surface area contributed by atoms with Gasteiger partial charge in [-0.1, -0.05) is 47.6 Å². The second kappa shape index (κ2) is 8.78. The van der Waals surface area contributed by atoms with E-state index in [0.29, 0.717) is 15.7 Å². The third-order valence-electron chi connectivity index (χ3n) is 2.85. The summed E-state index contributed by atoms with van der Waals surface area (Å²) in [5.74, 6) is 0.678. The van der Waals surface area contributed by atoms with Crippen LogP contribution in [0.4, 0.5) is 0 Å². The van der Waals surface area contributed by atoms with E-state index >= 15 is 0 Å². The van der Waals surface area contributed by atoms with E-state index in [1.807, 2.05) is 6.07 Å². The van der Waals surface area contributed by atoms with Gasteiger partial charge < -0.3 is 0 Å². The molecule has 2 aromatic carbocycles. The fraction of sp³-hybridized carbons (Fsp3) is 0.188. The van der Waals surface area contributed by atoms with Crippen molar-refractivity contribution in [3.8, 4) is 0 Å². The highest BCUT2D eigenvalue weighted by atomic mass is 35.5. The lowest BCUT2D eigenvalue weighted by Crippen LogP contribution is -2.09. The van der Waals surface area contributed by atoms with Crippen molar-refractivity contribution in [1.29, 1.82) is 0 Å². The summed E-state index contributed by atoms with van der Waals surface area (Å²) in [5.41, 5.74) is 0. The standard InChI is InChI=1S/C16H15ClO3S3/c17-13-5-4-6-14(11-13)22-16(18)12-21-9-10-23(19,20)15-7-2-1-3-8-15/h1-8,11H,9-10,12H2. The molecule has 0 amide bonds. The van der Waals surface area contributed by atoms with E-state index in [-0.39, 0.29) is 16.6 Å². The van der Waals surface area contributed by atoms with Crippen LogP contribution in [0.3, 0.4) is 0 Å². The van der Waals surface area contributed by atoms with Crippen molar-refractivity contribution in [3.63, 3.8) is 0 Å². The first-order valence-electron chi connectivity index (χ1n) is 6.79. The first kappa shape index (κ1) is 18.4. The summed E-state index contributed by atoms with van der Waals surface area (Å²) in [7, 11) is -3.28. The minimum Gasteiger partial charge on any atom is -0.286 e. The lowest BCUT2D eigenvalue weighted by atomic mass is 10.4. The topological polar surface area (TPSA) is 51.2 Å². The Bertz CT molecular complexity index is 761. The summed E-state index contributed by atoms with van der Waals surface area (Å²) in [6, 6.07) is 15.4. The Kier molecular flexibility index (Phi) is 7.02. The molecule has 0 atom stereocenters. The summed E-state index contributed by atoms with van der Waals surface area (Å²) >= 11 is 8.31. The molecule has 2 rings (SSSR count). The third-order valence-corrected chi connectivity index (χ3v) is 7.08. The lowest BCUT2D eigenvalue weighted by Gasteiger charge is -2.04. The highest BCUT2D eigenvalue weighted by Gasteiger charge is 2.14. The van der Waals surface area contributed by atoms with Gasteiger partial charge in [0, 0.05) is 15.7 Å². The molecule has 2 aromatic rings. The summed E-state index contributed by atoms with van der Waals surface area (Å²) in [6.45, 7) is 0. The molecule has 3 nitrogen and oxygen atoms in total. The number of carbonyl (C=O) groups is 1. The van der Waals surface area contributed by atoms with Crippen molar-refractivity contribution < 1.29 is 13.2 Å². The molecule has 0 aromatic heterocycles. The van der Waals surface area contributed by atoms with Gasteiger partial charge in [-0.25, -0.2) is 8.42 Å². The fourth-order valence-electron chi connectivity index (χ4n) is 1.76. The summed E-state index contributed by atoms with van der Waals surface area (Å²) in [6.07, 6.45) is 0. The third kappa shape index (κ3) is 6.22. The first-order chi connectivity index (χ1) is 11.0. The second-order valence-corrected chi connectivity index (χ2v) is 9.40. The van der Waals surface area contributed by atoms with Gasteiger partial charge >= 0.3 is 0 Å². The van der Waals surface area contributed by atoms with Gasteiger partial charge in [-0.15, -0.1) is 0 Å². The molecule has 0 aliphatic rings. The van der Waals surface area contributed by atoms with Crippen LogP contribution in [-0.2, 0) is 14.6 Å². The van der Waals surface area contributed by atoms with Crippen molar-refractivity contribution in [1.82, 2.24) is 0 Å². The zero-order valence-electron chi connectivity index (χ0n) is 12.1. The molecule has 7 heteroatoms. The van der Waals surface area contributed by atoms with Crippen LogP contribution in [0.15, 0.2) is 64.4 Å². The van der Waals surface area contributed by atoms with E-state index in [1.54, 1.807) is 48.5 Å². The predicted octanol–water partition coefficient (Wildman–Crippen LogP) is 4.17. The fourth-order valence-corrected chi connectivity index (χ4v) is 5.56. The van der Waals surface area contributed by atoms with Crippen LogP contribution in [0.25, 0.3) is 0 Å². The number of benzene rings is 2. The van der Waals surface area contributed by atoms with E-state index in [9.17, 15) is 13.2 Å². The minimum absolute atomic E-state index is 0.0191. The van der Waals surface area contributed by atoms with Crippen molar-refractivity contribution in [2.45, 2.75) is 9.79 Å². The Labute approximate surface area is 149 Å². The normalized spacial score (nSPS) is 11.3. The first-order valence-corrected chi connectivity index (χ1v) is 10.8. The van der Waals surface area contributed by atoms with Gasteiger partial charge in [0.25, 0.3) is 0 Å². The Morgan fingerprint density at radius 3 is 2.48 bits per heavy atom. The molecule has 23 heavy (non-hydrogen) atoms. The molecule has 0 N–H and O–H groups in total. The molecule has 0 heterocycles. The number of halogens is 1. The van der Waals surface area contributed by atoms with Crippen LogP contribution in [0.1, 0.15) is 0 Å². The monoisotopic (exact) mass is 386 g/mol. The molecule has 0 bridgehead atoms. The molecular weight excluding hydrogens is 372 g/mol. The minimum atomic E-state index is -3.28. The number of hydrogen-bond donors (Lipinski definition) is 0. The van der Waals surface area contributed by atoms with Gasteiger partial charge in [0.1, 0.15) is 0 Å². The maximum Gasteiger partial charge on any atom is 0.203 e. The average Bonchev–Trinajstić information content (AvgIpc) is 2.52. The molecule has 0 fully saturated rings. The van der Waals surface area contributed by atoms with Gasteiger partial charge in [-0.3, -0.25) is 4.79 Å². The maximum absolute atomic E-state index is 12.1. The van der Waals surface area contributed by atoms with Crippen molar-refractivity contribution in [3.05, 3.63) is 59.6 Å². The van der Waals surface area contributed by atoms with E-state index in [4.69, 9.17) is 11.6 Å². The maximum atomic E-state index is 12.1. The van der Waals surface area contributed by atoms with E-state index in [0.717, 1.165) is 16.7 Å². The molecule has 0 aliphatic carbocycles. The molecule has 0 saturated carbocycles. The van der Waals surface area contributed by atoms with Crippen LogP contribution in [0.5, 0.6) is 0 Å². The Hall–Kier alpha value is -0.950. The van der Waals surface area contributed by atoms with E-state index in [2.05, 4.69) is 0 Å². The van der Waals surface area contributed by atoms with Gasteiger partial charge in [-0.2, -0.15) is 11.8 Å². The molecule has 0 spiro atoms. The van der Waals surface area contributed by atoms with Gasteiger partial charge in [0.2, 0.25) is 5.12 Å². The lowest BCUT2D eigenvalue weighted by molar-refractivity contribution is -0.108. The van der Waals surface area contributed by atoms with Crippen LogP contribution < -0.4 is 0 Å².